The zero-order valence-corrected chi connectivity index (χ0v) is 11.8. The molecular weight excluding hydrogens is 242 g/mol. The highest BCUT2D eigenvalue weighted by molar-refractivity contribution is 5.81. The first kappa shape index (κ1) is 13.9. The molecule has 1 aliphatic carbocycles. The van der Waals surface area contributed by atoms with Crippen LogP contribution in [0.5, 0.6) is 5.75 Å². The molecule has 1 atom stereocenters. The number of nitrogens with zero attached hydrogens (tertiary/aromatic N) is 2. The van der Waals surface area contributed by atoms with Gasteiger partial charge in [-0.05, 0) is 26.2 Å². The lowest BCUT2D eigenvalue weighted by atomic mass is 10.2. The van der Waals surface area contributed by atoms with Crippen molar-refractivity contribution in [1.29, 1.82) is 0 Å². The second-order valence-corrected chi connectivity index (χ2v) is 5.19. The van der Waals surface area contributed by atoms with Crippen molar-refractivity contribution in [3.8, 4) is 5.75 Å². The average molecular weight is 265 g/mol. The van der Waals surface area contributed by atoms with Crippen LogP contribution < -0.4 is 10.1 Å². The van der Waals surface area contributed by atoms with E-state index in [0.717, 1.165) is 25.8 Å². The smallest absolute Gasteiger partial charge is 0.260 e. The van der Waals surface area contributed by atoms with Gasteiger partial charge >= 0.3 is 0 Å². The molecule has 1 heterocycles. The minimum absolute atomic E-state index is 0.0323. The van der Waals surface area contributed by atoms with E-state index in [0.29, 0.717) is 11.8 Å². The minimum atomic E-state index is -0.472. The summed E-state index contributed by atoms with van der Waals surface area (Å²) in [5.41, 5.74) is 0. The largest absolute Gasteiger partial charge is 0.478 e. The molecule has 5 nitrogen and oxygen atoms in total. The second-order valence-electron chi connectivity index (χ2n) is 5.19. The molecule has 0 aliphatic heterocycles. The van der Waals surface area contributed by atoms with Crippen molar-refractivity contribution < 1.29 is 9.53 Å². The van der Waals surface area contributed by atoms with E-state index in [1.807, 2.05) is 10.9 Å². The lowest BCUT2D eigenvalue weighted by Crippen LogP contribution is -2.41. The summed E-state index contributed by atoms with van der Waals surface area (Å²) in [6.45, 7) is 4.74. The third kappa shape index (κ3) is 3.98. The van der Waals surface area contributed by atoms with Crippen LogP contribution in [0.25, 0.3) is 0 Å². The molecule has 1 amide bonds. The zero-order chi connectivity index (χ0) is 13.7. The Balaban J connectivity index is 1.81. The Morgan fingerprint density at radius 1 is 1.58 bits per heavy atom. The number of aryl methyl sites for hydroxylation is 1. The van der Waals surface area contributed by atoms with Crippen LogP contribution in [0.15, 0.2) is 12.4 Å². The molecule has 106 valence electrons. The fourth-order valence-electron chi connectivity index (χ4n) is 2.40. The number of carbonyl (C=O) groups is 1. The van der Waals surface area contributed by atoms with Crippen molar-refractivity contribution in [3.63, 3.8) is 0 Å². The third-order valence-corrected chi connectivity index (χ3v) is 3.45. The van der Waals surface area contributed by atoms with Gasteiger partial charge in [-0.2, -0.15) is 5.10 Å². The van der Waals surface area contributed by atoms with E-state index in [2.05, 4.69) is 17.3 Å². The summed E-state index contributed by atoms with van der Waals surface area (Å²) in [6, 6.07) is 0.335. The Morgan fingerprint density at radius 2 is 2.32 bits per heavy atom. The molecule has 1 saturated carbocycles. The molecule has 0 saturated heterocycles. The molecule has 0 spiro atoms. The number of hydrogen-bond acceptors (Lipinski definition) is 3. The van der Waals surface area contributed by atoms with Crippen molar-refractivity contribution in [3.05, 3.63) is 12.4 Å². The number of rotatable bonds is 6. The lowest BCUT2D eigenvalue weighted by molar-refractivity contribution is -0.127. The van der Waals surface area contributed by atoms with Gasteiger partial charge in [-0.3, -0.25) is 9.48 Å². The Kier molecular flexibility index (Phi) is 4.82. The lowest BCUT2D eigenvalue weighted by Gasteiger charge is -2.17. The number of aromatic nitrogens is 2. The molecule has 1 aromatic heterocycles. The number of hydrogen-bond donors (Lipinski definition) is 1. The van der Waals surface area contributed by atoms with Gasteiger partial charge in [-0.1, -0.05) is 19.8 Å². The summed E-state index contributed by atoms with van der Waals surface area (Å²) in [4.78, 5) is 12.0. The Hall–Kier alpha value is -1.52. The molecule has 2 rings (SSSR count). The minimum Gasteiger partial charge on any atom is -0.478 e. The highest BCUT2D eigenvalue weighted by Crippen LogP contribution is 2.18. The van der Waals surface area contributed by atoms with Crippen LogP contribution in [0.1, 0.15) is 46.0 Å². The van der Waals surface area contributed by atoms with Crippen LogP contribution in [0, 0.1) is 0 Å². The van der Waals surface area contributed by atoms with Crippen molar-refractivity contribution in [2.45, 2.75) is 64.6 Å². The number of ether oxygens (including phenoxy) is 1. The van der Waals surface area contributed by atoms with Crippen molar-refractivity contribution >= 4 is 5.91 Å². The fourth-order valence-corrected chi connectivity index (χ4v) is 2.40. The van der Waals surface area contributed by atoms with Crippen molar-refractivity contribution in [1.82, 2.24) is 15.1 Å². The fraction of sp³-hybridized carbons (Fsp3) is 0.714. The molecule has 19 heavy (non-hydrogen) atoms. The molecule has 0 bridgehead atoms. The molecule has 1 N–H and O–H groups in total. The maximum atomic E-state index is 12.0. The molecule has 1 aliphatic rings. The van der Waals surface area contributed by atoms with Crippen molar-refractivity contribution in [2.75, 3.05) is 0 Å². The van der Waals surface area contributed by atoms with E-state index in [9.17, 15) is 4.79 Å². The third-order valence-electron chi connectivity index (χ3n) is 3.45. The molecule has 5 heteroatoms. The standard InChI is InChI=1S/C14H23N3O2/c1-3-8-17-10-13(9-15-17)19-11(2)14(18)16-12-6-4-5-7-12/h9-12H,3-8H2,1-2H3,(H,16,18). The van der Waals surface area contributed by atoms with Gasteiger partial charge in [-0.25, -0.2) is 0 Å². The molecule has 1 unspecified atom stereocenters. The summed E-state index contributed by atoms with van der Waals surface area (Å²) in [6.07, 6.45) is 8.66. The van der Waals surface area contributed by atoms with E-state index in [-0.39, 0.29) is 5.91 Å². The van der Waals surface area contributed by atoms with E-state index >= 15 is 0 Å². The van der Waals surface area contributed by atoms with Gasteiger partial charge in [0.05, 0.1) is 12.4 Å². The number of carbonyl (C=O) groups excluding carboxylic acids is 1. The molecule has 0 radical (unpaired) electrons. The van der Waals surface area contributed by atoms with Gasteiger partial charge in [-0.15, -0.1) is 0 Å². The van der Waals surface area contributed by atoms with Crippen LogP contribution >= 0.6 is 0 Å². The molecule has 1 fully saturated rings. The second kappa shape index (κ2) is 6.59. The predicted octanol–water partition coefficient (Wildman–Crippen LogP) is 2.12. The maximum Gasteiger partial charge on any atom is 0.260 e. The van der Waals surface area contributed by atoms with Gasteiger partial charge < -0.3 is 10.1 Å². The summed E-state index contributed by atoms with van der Waals surface area (Å²) in [5, 5.41) is 7.22. The van der Waals surface area contributed by atoms with Gasteiger partial charge in [0.15, 0.2) is 11.9 Å². The van der Waals surface area contributed by atoms with Crippen LogP contribution in [0.3, 0.4) is 0 Å². The summed E-state index contributed by atoms with van der Waals surface area (Å²) < 4.78 is 7.45. The van der Waals surface area contributed by atoms with Crippen LogP contribution in [0.4, 0.5) is 0 Å². The SMILES string of the molecule is CCCn1cc(OC(C)C(=O)NC2CCCC2)cn1. The van der Waals surface area contributed by atoms with Crippen LogP contribution in [0.2, 0.25) is 0 Å². The predicted molar refractivity (Wildman–Crippen MR) is 73.0 cm³/mol. The van der Waals surface area contributed by atoms with Crippen molar-refractivity contribution in [2.24, 2.45) is 0 Å². The number of nitrogens with one attached hydrogen (secondary N) is 1. The van der Waals surface area contributed by atoms with Crippen LogP contribution in [-0.2, 0) is 11.3 Å². The summed E-state index contributed by atoms with van der Waals surface area (Å²) >= 11 is 0. The monoisotopic (exact) mass is 265 g/mol. The molecular formula is C14H23N3O2. The van der Waals surface area contributed by atoms with Gasteiger partial charge in [0, 0.05) is 12.6 Å². The molecule has 1 aromatic rings. The van der Waals surface area contributed by atoms with Gasteiger partial charge in [0.2, 0.25) is 0 Å². The first-order valence-electron chi connectivity index (χ1n) is 7.18. The summed E-state index contributed by atoms with van der Waals surface area (Å²) in [7, 11) is 0. The van der Waals surface area contributed by atoms with Crippen LogP contribution in [-0.4, -0.2) is 27.8 Å². The van der Waals surface area contributed by atoms with E-state index in [1.54, 1.807) is 13.1 Å². The van der Waals surface area contributed by atoms with E-state index < -0.39 is 6.10 Å². The Labute approximate surface area is 114 Å². The Morgan fingerprint density at radius 3 is 3.00 bits per heavy atom. The molecule has 0 aromatic carbocycles. The zero-order valence-electron chi connectivity index (χ0n) is 11.8. The number of amides is 1. The van der Waals surface area contributed by atoms with E-state index in [4.69, 9.17) is 4.74 Å². The highest BCUT2D eigenvalue weighted by Gasteiger charge is 2.21. The van der Waals surface area contributed by atoms with E-state index in [1.165, 1.54) is 12.8 Å². The van der Waals surface area contributed by atoms with Gasteiger partial charge in [0.1, 0.15) is 0 Å². The average Bonchev–Trinajstić information content (AvgIpc) is 3.02. The highest BCUT2D eigenvalue weighted by atomic mass is 16.5. The maximum absolute atomic E-state index is 12.0. The Bertz CT molecular complexity index is 411. The summed E-state index contributed by atoms with van der Waals surface area (Å²) in [5.74, 6) is 0.623. The topological polar surface area (TPSA) is 56.1 Å². The quantitative estimate of drug-likeness (QED) is 0.857. The normalized spacial score (nSPS) is 17.4. The van der Waals surface area contributed by atoms with Gasteiger partial charge in [0.25, 0.3) is 5.91 Å². The first-order valence-corrected chi connectivity index (χ1v) is 7.18. The first-order chi connectivity index (χ1) is 9.19.